The lowest BCUT2D eigenvalue weighted by atomic mass is 10.1. The molecular weight excluding hydrogens is 317 g/mol. The van der Waals surface area contributed by atoms with Gasteiger partial charge in [-0.2, -0.15) is 4.98 Å². The molecule has 2 heterocycles. The highest BCUT2D eigenvalue weighted by molar-refractivity contribution is 5.94. The molecule has 1 aliphatic rings. The highest BCUT2D eigenvalue weighted by Crippen LogP contribution is 2.27. The Morgan fingerprint density at radius 3 is 3.00 bits per heavy atom. The summed E-state index contributed by atoms with van der Waals surface area (Å²) in [6.45, 7) is 1.29. The molecule has 7 nitrogen and oxygen atoms in total. The minimum atomic E-state index is -0.554. The van der Waals surface area contributed by atoms with Crippen LogP contribution < -0.4 is 4.74 Å². The standard InChI is InChI=1S/C16H18FN3O4/c1-22-9-14-18-15(19-24-14)11-5-6-20(8-11)16(21)10-3-4-13(23-2)12(17)7-10/h3-4,7,11H,5-6,8-9H2,1-2H3. The van der Waals surface area contributed by atoms with Crippen LogP contribution in [0.1, 0.15) is 34.4 Å². The van der Waals surface area contributed by atoms with Crippen LogP contribution in [0, 0.1) is 5.82 Å². The maximum Gasteiger partial charge on any atom is 0.253 e. The fourth-order valence-electron chi connectivity index (χ4n) is 2.75. The number of rotatable bonds is 5. The Kier molecular flexibility index (Phi) is 4.75. The van der Waals surface area contributed by atoms with Crippen LogP contribution in [0.4, 0.5) is 4.39 Å². The molecule has 128 valence electrons. The highest BCUT2D eigenvalue weighted by atomic mass is 19.1. The largest absolute Gasteiger partial charge is 0.494 e. The van der Waals surface area contributed by atoms with Gasteiger partial charge < -0.3 is 18.9 Å². The number of aromatic nitrogens is 2. The number of halogens is 1. The number of likely N-dealkylation sites (tertiary alicyclic amines) is 1. The molecule has 1 unspecified atom stereocenters. The summed E-state index contributed by atoms with van der Waals surface area (Å²) in [7, 11) is 2.93. The number of ether oxygens (including phenoxy) is 2. The van der Waals surface area contributed by atoms with E-state index in [1.54, 1.807) is 18.1 Å². The second-order valence-electron chi connectivity index (χ2n) is 5.57. The van der Waals surface area contributed by atoms with Gasteiger partial charge in [0, 0.05) is 31.7 Å². The van der Waals surface area contributed by atoms with Crippen LogP contribution in [0.5, 0.6) is 5.75 Å². The van der Waals surface area contributed by atoms with E-state index in [0.29, 0.717) is 30.4 Å². The second kappa shape index (κ2) is 6.96. The number of carbonyl (C=O) groups excluding carboxylic acids is 1. The van der Waals surface area contributed by atoms with Crippen LogP contribution in [-0.4, -0.2) is 48.3 Å². The number of amides is 1. The summed E-state index contributed by atoms with van der Waals surface area (Å²) >= 11 is 0. The zero-order chi connectivity index (χ0) is 17.1. The SMILES string of the molecule is COCc1nc(C2CCN(C(=O)c3ccc(OC)c(F)c3)C2)no1. The Balaban J connectivity index is 1.68. The summed E-state index contributed by atoms with van der Waals surface area (Å²) in [5, 5.41) is 3.94. The molecule has 1 amide bonds. The number of carbonyl (C=O) groups is 1. The van der Waals surface area contributed by atoms with E-state index in [1.807, 2.05) is 0 Å². The van der Waals surface area contributed by atoms with Crippen LogP contribution >= 0.6 is 0 Å². The molecule has 0 bridgehead atoms. The molecule has 0 radical (unpaired) electrons. The Morgan fingerprint density at radius 1 is 1.46 bits per heavy atom. The van der Waals surface area contributed by atoms with Gasteiger partial charge in [-0.05, 0) is 24.6 Å². The molecule has 1 saturated heterocycles. The zero-order valence-corrected chi connectivity index (χ0v) is 13.5. The van der Waals surface area contributed by atoms with E-state index in [1.165, 1.54) is 19.2 Å². The Labute approximate surface area is 138 Å². The van der Waals surface area contributed by atoms with E-state index in [-0.39, 0.29) is 24.2 Å². The molecule has 1 atom stereocenters. The number of benzene rings is 1. The number of hydrogen-bond donors (Lipinski definition) is 0. The third kappa shape index (κ3) is 3.23. The van der Waals surface area contributed by atoms with Gasteiger partial charge in [-0.15, -0.1) is 0 Å². The average Bonchev–Trinajstić information content (AvgIpc) is 3.23. The Hall–Kier alpha value is -2.48. The van der Waals surface area contributed by atoms with E-state index >= 15 is 0 Å². The lowest BCUT2D eigenvalue weighted by Crippen LogP contribution is -2.28. The molecule has 0 spiro atoms. The van der Waals surface area contributed by atoms with Crippen molar-refractivity contribution in [1.29, 1.82) is 0 Å². The topological polar surface area (TPSA) is 77.7 Å². The second-order valence-corrected chi connectivity index (χ2v) is 5.57. The Bertz CT molecular complexity index is 734. The van der Waals surface area contributed by atoms with Crippen molar-refractivity contribution in [1.82, 2.24) is 15.0 Å². The molecular formula is C16H18FN3O4. The summed E-state index contributed by atoms with van der Waals surface area (Å²) < 4.78 is 28.7. The summed E-state index contributed by atoms with van der Waals surface area (Å²) in [6.07, 6.45) is 0.732. The third-order valence-electron chi connectivity index (χ3n) is 3.99. The van der Waals surface area contributed by atoms with Gasteiger partial charge in [-0.3, -0.25) is 4.79 Å². The lowest BCUT2D eigenvalue weighted by molar-refractivity contribution is 0.0790. The van der Waals surface area contributed by atoms with Crippen LogP contribution in [0.3, 0.4) is 0 Å². The molecule has 8 heteroatoms. The van der Waals surface area contributed by atoms with Crippen molar-refractivity contribution >= 4 is 5.91 Å². The quantitative estimate of drug-likeness (QED) is 0.832. The predicted molar refractivity (Wildman–Crippen MR) is 81.2 cm³/mol. The van der Waals surface area contributed by atoms with E-state index in [4.69, 9.17) is 14.0 Å². The van der Waals surface area contributed by atoms with Gasteiger partial charge in [0.1, 0.15) is 6.61 Å². The molecule has 1 fully saturated rings. The van der Waals surface area contributed by atoms with Crippen molar-refractivity contribution in [2.45, 2.75) is 18.9 Å². The minimum Gasteiger partial charge on any atom is -0.494 e. The van der Waals surface area contributed by atoms with Crippen LogP contribution in [0.15, 0.2) is 22.7 Å². The smallest absolute Gasteiger partial charge is 0.253 e. The number of nitrogens with zero attached hydrogens (tertiary/aromatic N) is 3. The van der Waals surface area contributed by atoms with Gasteiger partial charge in [0.2, 0.25) is 0 Å². The van der Waals surface area contributed by atoms with Crippen molar-refractivity contribution in [3.8, 4) is 5.75 Å². The van der Waals surface area contributed by atoms with Crippen molar-refractivity contribution in [3.05, 3.63) is 41.3 Å². The van der Waals surface area contributed by atoms with Gasteiger partial charge in [0.05, 0.1) is 7.11 Å². The predicted octanol–water partition coefficient (Wildman–Crippen LogP) is 1.99. The molecule has 1 aromatic heterocycles. The first-order valence-electron chi connectivity index (χ1n) is 7.56. The normalized spacial score (nSPS) is 17.3. The van der Waals surface area contributed by atoms with E-state index in [2.05, 4.69) is 10.1 Å². The van der Waals surface area contributed by atoms with Gasteiger partial charge in [0.15, 0.2) is 17.4 Å². The first-order valence-corrected chi connectivity index (χ1v) is 7.56. The van der Waals surface area contributed by atoms with Gasteiger partial charge in [-0.25, -0.2) is 4.39 Å². The average molecular weight is 335 g/mol. The maximum atomic E-state index is 13.8. The van der Waals surface area contributed by atoms with Gasteiger partial charge in [-0.1, -0.05) is 5.16 Å². The van der Waals surface area contributed by atoms with E-state index in [9.17, 15) is 9.18 Å². The van der Waals surface area contributed by atoms with Crippen molar-refractivity contribution in [2.24, 2.45) is 0 Å². The van der Waals surface area contributed by atoms with E-state index < -0.39 is 5.82 Å². The fourth-order valence-corrected chi connectivity index (χ4v) is 2.75. The third-order valence-corrected chi connectivity index (χ3v) is 3.99. The summed E-state index contributed by atoms with van der Waals surface area (Å²) in [4.78, 5) is 18.5. The molecule has 24 heavy (non-hydrogen) atoms. The molecule has 3 rings (SSSR count). The first kappa shape index (κ1) is 16.4. The molecule has 2 aromatic rings. The van der Waals surface area contributed by atoms with Crippen molar-refractivity contribution < 1.29 is 23.2 Å². The minimum absolute atomic E-state index is 0.00593. The lowest BCUT2D eigenvalue weighted by Gasteiger charge is -2.16. The maximum absolute atomic E-state index is 13.8. The number of hydrogen-bond acceptors (Lipinski definition) is 6. The summed E-state index contributed by atoms with van der Waals surface area (Å²) in [5.74, 6) is 0.323. The summed E-state index contributed by atoms with van der Waals surface area (Å²) in [5.41, 5.74) is 0.294. The van der Waals surface area contributed by atoms with Crippen LogP contribution in [0.2, 0.25) is 0 Å². The van der Waals surface area contributed by atoms with E-state index in [0.717, 1.165) is 6.42 Å². The van der Waals surface area contributed by atoms with Crippen molar-refractivity contribution in [2.75, 3.05) is 27.3 Å². The fraction of sp³-hybridized carbons (Fsp3) is 0.438. The monoisotopic (exact) mass is 335 g/mol. The number of methoxy groups -OCH3 is 2. The van der Waals surface area contributed by atoms with Gasteiger partial charge in [0.25, 0.3) is 11.8 Å². The molecule has 1 aromatic carbocycles. The molecule has 0 aliphatic carbocycles. The van der Waals surface area contributed by atoms with Crippen molar-refractivity contribution in [3.63, 3.8) is 0 Å². The van der Waals surface area contributed by atoms with Gasteiger partial charge >= 0.3 is 0 Å². The molecule has 0 saturated carbocycles. The Morgan fingerprint density at radius 2 is 2.29 bits per heavy atom. The van der Waals surface area contributed by atoms with Crippen LogP contribution in [0.25, 0.3) is 0 Å². The highest BCUT2D eigenvalue weighted by Gasteiger charge is 2.31. The molecule has 0 N–H and O–H groups in total. The molecule has 1 aliphatic heterocycles. The van der Waals surface area contributed by atoms with Crippen LogP contribution in [-0.2, 0) is 11.3 Å². The zero-order valence-electron chi connectivity index (χ0n) is 13.5. The first-order chi connectivity index (χ1) is 11.6. The summed E-state index contributed by atoms with van der Waals surface area (Å²) in [6, 6.07) is 4.20.